The fraction of sp³-hybridized carbons (Fsp3) is 0.129. The number of nitrogens with zero attached hydrogens (tertiary/aromatic N) is 4. The molecule has 11 heteroatoms. The van der Waals surface area contributed by atoms with E-state index in [1.54, 1.807) is 67.1 Å². The number of rotatable bonds is 6. The molecule has 2 N–H and O–H groups in total. The fourth-order valence-electron chi connectivity index (χ4n) is 5.36. The lowest BCUT2D eigenvalue weighted by Crippen LogP contribution is -2.25. The molecule has 0 fully saturated rings. The number of benzene rings is 3. The lowest BCUT2D eigenvalue weighted by Gasteiger charge is -2.16. The number of hydrogen-bond donors (Lipinski definition) is 2. The van der Waals surface area contributed by atoms with Crippen molar-refractivity contribution in [3.63, 3.8) is 0 Å². The molecule has 0 saturated heterocycles. The maximum absolute atomic E-state index is 14.2. The van der Waals surface area contributed by atoms with Crippen LogP contribution >= 0.6 is 34.8 Å². The Morgan fingerprint density at radius 1 is 0.619 bits per heavy atom. The maximum Gasteiger partial charge on any atom is 0.275 e. The molecule has 42 heavy (non-hydrogen) atoms. The van der Waals surface area contributed by atoms with Gasteiger partial charge in [-0.2, -0.15) is 5.10 Å². The molecule has 3 heterocycles. The summed E-state index contributed by atoms with van der Waals surface area (Å²) in [6.45, 7) is 5.44. The van der Waals surface area contributed by atoms with Gasteiger partial charge < -0.3 is 0 Å². The van der Waals surface area contributed by atoms with Crippen molar-refractivity contribution < 1.29 is 0 Å². The molecular weight excluding hydrogens is 595 g/mol. The molecule has 0 spiro atoms. The van der Waals surface area contributed by atoms with Gasteiger partial charge in [-0.1, -0.05) is 53.0 Å². The van der Waals surface area contributed by atoms with Crippen LogP contribution in [0.15, 0.2) is 88.5 Å². The van der Waals surface area contributed by atoms with Crippen LogP contribution in [0.2, 0.25) is 15.2 Å². The van der Waals surface area contributed by atoms with E-state index in [-0.39, 0.29) is 11.1 Å². The largest absolute Gasteiger partial charge is 0.295 e. The van der Waals surface area contributed by atoms with E-state index in [1.165, 1.54) is 9.36 Å². The molecule has 0 unspecified atom stereocenters. The van der Waals surface area contributed by atoms with Crippen LogP contribution in [0.1, 0.15) is 39.7 Å². The summed E-state index contributed by atoms with van der Waals surface area (Å²) >= 11 is 19.3. The number of hydrogen-bond acceptors (Lipinski definition) is 3. The van der Waals surface area contributed by atoms with Gasteiger partial charge in [0.25, 0.3) is 11.1 Å². The van der Waals surface area contributed by atoms with Gasteiger partial charge in [-0.25, -0.2) is 14.0 Å². The van der Waals surface area contributed by atoms with E-state index in [1.807, 2.05) is 37.3 Å². The Bertz CT molecular complexity index is 1930. The summed E-state index contributed by atoms with van der Waals surface area (Å²) in [6, 6.07) is 23.3. The van der Waals surface area contributed by atoms with Crippen LogP contribution in [0, 0.1) is 20.8 Å². The molecule has 0 aliphatic rings. The van der Waals surface area contributed by atoms with Crippen LogP contribution in [0.3, 0.4) is 0 Å². The summed E-state index contributed by atoms with van der Waals surface area (Å²) < 4.78 is 4.51. The van der Waals surface area contributed by atoms with Crippen molar-refractivity contribution in [3.8, 4) is 17.1 Å². The van der Waals surface area contributed by atoms with Crippen LogP contribution in [-0.4, -0.2) is 29.3 Å². The minimum absolute atomic E-state index is 0.305. The van der Waals surface area contributed by atoms with E-state index in [9.17, 15) is 9.59 Å². The smallest absolute Gasteiger partial charge is 0.275 e. The van der Waals surface area contributed by atoms with Crippen molar-refractivity contribution >= 4 is 34.8 Å². The highest BCUT2D eigenvalue weighted by molar-refractivity contribution is 6.31. The average Bonchev–Trinajstić information content (AvgIpc) is 3.56. The number of H-pyrrole nitrogens is 2. The summed E-state index contributed by atoms with van der Waals surface area (Å²) in [6.07, 6.45) is 0. The van der Waals surface area contributed by atoms with Crippen LogP contribution < -0.4 is 11.1 Å². The number of aromatic nitrogens is 6. The summed E-state index contributed by atoms with van der Waals surface area (Å²) in [5.41, 5.74) is 4.40. The highest BCUT2D eigenvalue weighted by atomic mass is 35.5. The molecule has 6 aromatic rings. The first-order valence-corrected chi connectivity index (χ1v) is 14.2. The maximum atomic E-state index is 14.2. The van der Waals surface area contributed by atoms with Gasteiger partial charge in [-0.15, -0.1) is 0 Å². The Hall–Kier alpha value is -4.24. The summed E-state index contributed by atoms with van der Waals surface area (Å²) in [5, 5.41) is 12.5. The predicted molar refractivity (Wildman–Crippen MR) is 167 cm³/mol. The van der Waals surface area contributed by atoms with Crippen molar-refractivity contribution in [1.82, 2.24) is 29.3 Å². The molecule has 0 atom stereocenters. The number of nitrogens with one attached hydrogen (secondary N) is 2. The van der Waals surface area contributed by atoms with Gasteiger partial charge >= 0.3 is 0 Å². The zero-order chi connectivity index (χ0) is 29.7. The Morgan fingerprint density at radius 3 is 1.52 bits per heavy atom. The molecule has 0 amide bonds. The summed E-state index contributed by atoms with van der Waals surface area (Å²) in [5.74, 6) is -0.843. The van der Waals surface area contributed by atoms with Crippen molar-refractivity contribution in [2.75, 3.05) is 0 Å². The van der Waals surface area contributed by atoms with Crippen molar-refractivity contribution in [2.45, 2.75) is 26.7 Å². The third kappa shape index (κ3) is 4.71. The first kappa shape index (κ1) is 27.9. The van der Waals surface area contributed by atoms with E-state index in [0.29, 0.717) is 60.3 Å². The van der Waals surface area contributed by atoms with Crippen LogP contribution in [0.4, 0.5) is 0 Å². The second-order valence-electron chi connectivity index (χ2n) is 10.0. The number of aromatic amines is 2. The van der Waals surface area contributed by atoms with E-state index >= 15 is 0 Å². The van der Waals surface area contributed by atoms with Gasteiger partial charge in [0, 0.05) is 27.0 Å². The van der Waals surface area contributed by atoms with Crippen molar-refractivity contribution in [3.05, 3.63) is 149 Å². The number of halogens is 3. The lowest BCUT2D eigenvalue weighted by atomic mass is 9.85. The Labute approximate surface area is 255 Å². The highest BCUT2D eigenvalue weighted by Gasteiger charge is 2.35. The number of para-hydroxylation sites is 1. The van der Waals surface area contributed by atoms with Crippen molar-refractivity contribution in [2.24, 2.45) is 0 Å². The third-order valence-electron chi connectivity index (χ3n) is 7.32. The fourth-order valence-corrected chi connectivity index (χ4v) is 5.99. The topological polar surface area (TPSA) is 93.4 Å². The first-order chi connectivity index (χ1) is 20.2. The molecule has 212 valence electrons. The normalized spacial score (nSPS) is 11.5. The minimum atomic E-state index is -0.843. The molecule has 8 nitrogen and oxygen atoms in total. The Morgan fingerprint density at radius 2 is 1.07 bits per heavy atom. The van der Waals surface area contributed by atoms with E-state index in [2.05, 4.69) is 10.2 Å². The molecule has 0 saturated carbocycles. The zero-order valence-corrected chi connectivity index (χ0v) is 25.1. The summed E-state index contributed by atoms with van der Waals surface area (Å²) in [4.78, 5) is 28.4. The monoisotopic (exact) mass is 618 g/mol. The van der Waals surface area contributed by atoms with Gasteiger partial charge in [-0.3, -0.25) is 19.8 Å². The molecular formula is C31H25Cl3N6O2. The standard InChI is InChI=1S/C31H25Cl3N6O2/c1-17-25(29(34)38(35-17)22-7-5-4-6-8-22)28(26-18(2)36-39(30(26)41)23-13-9-20(32)10-14-23)27-19(3)37-40(31(27)42)24-15-11-21(33)12-16-24/h4-16,28,36-37H,1-3H3. The molecule has 0 aliphatic carbocycles. The molecule has 6 rings (SSSR count). The number of aryl methyl sites for hydroxylation is 3. The van der Waals surface area contributed by atoms with Crippen LogP contribution in [0.5, 0.6) is 0 Å². The highest BCUT2D eigenvalue weighted by Crippen LogP contribution is 2.39. The molecule has 0 bridgehead atoms. The van der Waals surface area contributed by atoms with Gasteiger partial charge in [0.15, 0.2) is 0 Å². The average molecular weight is 620 g/mol. The second-order valence-corrected chi connectivity index (χ2v) is 11.2. The third-order valence-corrected chi connectivity index (χ3v) is 8.19. The van der Waals surface area contributed by atoms with E-state index < -0.39 is 5.92 Å². The van der Waals surface area contributed by atoms with Gasteiger partial charge in [0.2, 0.25) is 0 Å². The SMILES string of the molecule is Cc1nn(-c2ccccc2)c(Cl)c1C(c1c(C)[nH]n(-c2ccc(Cl)cc2)c1=O)c1c(C)[nH]n(-c2ccc(Cl)cc2)c1=O. The lowest BCUT2D eigenvalue weighted by molar-refractivity contribution is 0.830. The van der Waals surface area contributed by atoms with Gasteiger partial charge in [0.05, 0.1) is 39.8 Å². The van der Waals surface area contributed by atoms with Gasteiger partial charge in [0.1, 0.15) is 5.15 Å². The zero-order valence-electron chi connectivity index (χ0n) is 22.8. The van der Waals surface area contributed by atoms with E-state index in [0.717, 1.165) is 5.69 Å². The molecule has 3 aromatic carbocycles. The molecule has 0 aliphatic heterocycles. The van der Waals surface area contributed by atoms with Crippen molar-refractivity contribution in [1.29, 1.82) is 0 Å². The van der Waals surface area contributed by atoms with Gasteiger partial charge in [-0.05, 0) is 81.4 Å². The van der Waals surface area contributed by atoms with Crippen LogP contribution in [0.25, 0.3) is 17.1 Å². The van der Waals surface area contributed by atoms with E-state index in [4.69, 9.17) is 39.9 Å². The second kappa shape index (κ2) is 10.9. The Kier molecular flexibility index (Phi) is 7.22. The summed E-state index contributed by atoms with van der Waals surface area (Å²) in [7, 11) is 0. The Balaban J connectivity index is 1.63. The molecule has 0 radical (unpaired) electrons. The first-order valence-electron chi connectivity index (χ1n) is 13.1. The predicted octanol–water partition coefficient (Wildman–Crippen LogP) is 6.90. The minimum Gasteiger partial charge on any atom is -0.295 e. The quantitative estimate of drug-likeness (QED) is 0.213. The molecule has 3 aromatic heterocycles. The van der Waals surface area contributed by atoms with Crippen LogP contribution in [-0.2, 0) is 0 Å².